The first kappa shape index (κ1) is 85.5. The normalized spacial score (nSPS) is 15.4. The highest BCUT2D eigenvalue weighted by Gasteiger charge is 2.40. The molecule has 20 aromatic carbocycles. The van der Waals surface area contributed by atoms with Crippen molar-refractivity contribution in [2.75, 3.05) is 31.9 Å². The molecule has 3 aliphatic carbocycles. The summed E-state index contributed by atoms with van der Waals surface area (Å²) in [6, 6.07) is 155. The SMILES string of the molecule is CC1(C)c2ccccc2-c2cc3c(cc21)Nc1ccccc1[SiH2]3.CC1(C)c2ccccc2-c2cc3c(cc21)[SiH2]c1ccccc1N3.c1ccc(-n2c3ccccc3c3ccc4c(c32)[SiH2]c2ccccc2N4)cc1.c1ccc(C2c3ccccc3-c3cc4c(cc32)[SiH2]c2ccccc2N4)cc1.c1ccc2c(c1)Nc1ccc3c(oc4ccccc43)c1[SiH2]2.c1ccc2c(c1)Nc1ccc3c(sc4ccccc43)c1[SiH2]2. The molecule has 6 aliphatic heterocycles. The second kappa shape index (κ2) is 34.7. The van der Waals surface area contributed by atoms with E-state index in [1.165, 1.54) is 251 Å². The average molecular weight is 1940 g/mol. The summed E-state index contributed by atoms with van der Waals surface area (Å²) in [5.74, 6) is 0.342. The summed E-state index contributed by atoms with van der Waals surface area (Å²) in [6.07, 6.45) is 0. The second-order valence-corrected chi connectivity index (χ2v) is 52.2. The molecule has 8 nitrogen and oxygen atoms in total. The van der Waals surface area contributed by atoms with Crippen LogP contribution in [0.5, 0.6) is 0 Å². The summed E-state index contributed by atoms with van der Waals surface area (Å²) in [4.78, 5) is 0. The first-order valence-corrected chi connectivity index (χ1v) is 59.1. The highest BCUT2D eigenvalue weighted by atomic mass is 32.1. The quantitative estimate of drug-likeness (QED) is 0.0961. The molecule has 0 radical (unpaired) electrons. The van der Waals surface area contributed by atoms with Gasteiger partial charge in [-0.05, 0) is 239 Å². The molecule has 32 rings (SSSR count). The van der Waals surface area contributed by atoms with E-state index in [9.17, 15) is 0 Å². The molecule has 680 valence electrons. The standard InChI is InChI=1S/C25H19NSi.C24H18N2Si.2C21H19NSi.C18H13NOSi.C18H13NSSi/c1-2-8-16(9-3-1)25-18-11-5-4-10-17(18)19-14-22-24(15-20(19)25)27-23-13-7-6-12-21(23)26-22;1-2-8-16(9-3-1)26-21-12-6-4-10-17(21)18-14-15-20-24(23(18)26)27-22-13-7-5-11-19(22)25-20;1-21(2)15-8-4-3-7-13(15)14-11-20-18(12-16(14)21)22-17-9-5-6-10-19(17)23-20;1-21(2)15-8-4-3-7-13(15)14-11-18-20(12-16(14)21)23-19-10-6-5-9-17(19)22-18;2*1-3-7-15-11(5-1)12-9-10-14-18(17(12)20-15)21-16-8-4-2-6-13(16)19-14/h1-15,25-26H,27H2;1-15,25H,27H2;2*3-12,22H,23H2,1-2H3;2*1-10,19H,21H2. The minimum atomic E-state index is -0.572. The summed E-state index contributed by atoms with van der Waals surface area (Å²) in [5.41, 5.74) is 40.2. The fourth-order valence-electron chi connectivity index (χ4n) is 24.1. The molecular weight excluding hydrogens is 1840 g/mol. The van der Waals surface area contributed by atoms with Gasteiger partial charge in [-0.3, -0.25) is 0 Å². The van der Waals surface area contributed by atoms with Crippen LogP contribution in [0.15, 0.2) is 429 Å². The molecule has 0 saturated carbocycles. The van der Waals surface area contributed by atoms with Crippen LogP contribution < -0.4 is 94.1 Å². The van der Waals surface area contributed by atoms with Gasteiger partial charge in [0.2, 0.25) is 0 Å². The van der Waals surface area contributed by atoms with Crippen molar-refractivity contribution < 1.29 is 4.42 Å². The van der Waals surface area contributed by atoms with Crippen LogP contribution in [-0.4, -0.2) is 61.7 Å². The van der Waals surface area contributed by atoms with Crippen molar-refractivity contribution in [1.82, 2.24) is 4.57 Å². The van der Waals surface area contributed by atoms with Crippen molar-refractivity contribution in [3.05, 3.63) is 464 Å². The average Bonchev–Trinajstić information content (AvgIpc) is 1.58. The fraction of sp³-hybridized carbons (Fsp3) is 0.0551. The van der Waals surface area contributed by atoms with Crippen LogP contribution in [0, 0.1) is 0 Å². The fourth-order valence-corrected chi connectivity index (χ4v) is 36.5. The second-order valence-electron chi connectivity index (χ2n) is 40.0. The minimum absolute atomic E-state index is 0.0845. The third kappa shape index (κ3) is 14.6. The maximum absolute atomic E-state index is 6.16. The lowest BCUT2D eigenvalue weighted by atomic mass is 9.82. The van der Waals surface area contributed by atoms with Crippen molar-refractivity contribution in [1.29, 1.82) is 0 Å². The van der Waals surface area contributed by atoms with E-state index in [-0.39, 0.29) is 10.8 Å². The number of aromatic nitrogens is 1. The van der Waals surface area contributed by atoms with Crippen molar-refractivity contribution in [2.45, 2.75) is 44.4 Å². The molecule has 142 heavy (non-hydrogen) atoms. The van der Waals surface area contributed by atoms with Gasteiger partial charge < -0.3 is 40.9 Å². The summed E-state index contributed by atoms with van der Waals surface area (Å²) >= 11 is 1.95. The monoisotopic (exact) mass is 1940 g/mol. The minimum Gasteiger partial charge on any atom is -0.456 e. The Balaban J connectivity index is 0.0000000854. The molecule has 15 heteroatoms. The maximum Gasteiger partial charge on any atom is 0.136 e. The highest BCUT2D eigenvalue weighted by molar-refractivity contribution is 7.27. The van der Waals surface area contributed by atoms with Gasteiger partial charge in [-0.1, -0.05) is 343 Å². The van der Waals surface area contributed by atoms with Crippen molar-refractivity contribution in [3.63, 3.8) is 0 Å². The number of furan rings is 1. The molecule has 3 aromatic heterocycles. The van der Waals surface area contributed by atoms with Gasteiger partial charge in [-0.15, -0.1) is 11.3 Å². The van der Waals surface area contributed by atoms with E-state index >= 15 is 0 Å². The Kier molecular flexibility index (Phi) is 20.9. The van der Waals surface area contributed by atoms with E-state index in [0.29, 0.717) is 5.92 Å². The molecule has 0 saturated heterocycles. The largest absolute Gasteiger partial charge is 0.456 e. The molecule has 1 unspecified atom stereocenters. The number of para-hydroxylation sites is 9. The number of nitrogens with one attached hydrogen (secondary N) is 6. The van der Waals surface area contributed by atoms with Gasteiger partial charge in [0.1, 0.15) is 11.2 Å². The molecule has 0 spiro atoms. The van der Waals surface area contributed by atoms with E-state index in [1.807, 2.05) is 23.5 Å². The van der Waals surface area contributed by atoms with Crippen LogP contribution in [0.4, 0.5) is 68.2 Å². The van der Waals surface area contributed by atoms with Crippen molar-refractivity contribution >= 4 is 263 Å². The van der Waals surface area contributed by atoms with Crippen molar-refractivity contribution in [2.24, 2.45) is 0 Å². The lowest BCUT2D eigenvalue weighted by molar-refractivity contribution is 0.660. The predicted octanol–water partition coefficient (Wildman–Crippen LogP) is 20.3. The first-order valence-electron chi connectivity index (χ1n) is 49.8. The Morgan fingerprint density at radius 3 is 1.26 bits per heavy atom. The number of hydrogen-bond acceptors (Lipinski definition) is 8. The molecule has 23 aromatic rings. The molecular formula is C127H101N7OSSi6. The summed E-state index contributed by atoms with van der Waals surface area (Å²) in [6.45, 7) is 9.40. The van der Waals surface area contributed by atoms with Gasteiger partial charge >= 0.3 is 0 Å². The van der Waals surface area contributed by atoms with Crippen LogP contribution in [-0.2, 0) is 10.8 Å². The summed E-state index contributed by atoms with van der Waals surface area (Å²) < 4.78 is 11.5. The van der Waals surface area contributed by atoms with Crippen LogP contribution in [0.1, 0.15) is 72.6 Å². The number of anilines is 12. The number of hydrogen-bond donors (Lipinski definition) is 6. The van der Waals surface area contributed by atoms with E-state index in [4.69, 9.17) is 4.42 Å². The zero-order valence-electron chi connectivity index (χ0n) is 79.5. The van der Waals surface area contributed by atoms with Gasteiger partial charge in [0.05, 0.1) is 68.2 Å². The van der Waals surface area contributed by atoms with Crippen molar-refractivity contribution in [3.8, 4) is 39.1 Å². The van der Waals surface area contributed by atoms with Crippen LogP contribution >= 0.6 is 11.3 Å². The predicted molar refractivity (Wildman–Crippen MR) is 626 cm³/mol. The van der Waals surface area contributed by atoms with Gasteiger partial charge in [0.25, 0.3) is 0 Å². The zero-order chi connectivity index (χ0) is 94.4. The van der Waals surface area contributed by atoms with Gasteiger partial charge in [-0.2, -0.15) is 0 Å². The smallest absolute Gasteiger partial charge is 0.136 e. The molecule has 9 heterocycles. The van der Waals surface area contributed by atoms with Crippen LogP contribution in [0.2, 0.25) is 0 Å². The Morgan fingerprint density at radius 1 is 0.254 bits per heavy atom. The van der Waals surface area contributed by atoms with Crippen LogP contribution in [0.3, 0.4) is 0 Å². The van der Waals surface area contributed by atoms with Gasteiger partial charge in [0.15, 0.2) is 0 Å². The molecule has 9 aliphatic rings. The number of benzene rings is 20. The first-order chi connectivity index (χ1) is 69.9. The Morgan fingerprint density at radius 2 is 0.662 bits per heavy atom. The summed E-state index contributed by atoms with van der Waals surface area (Å²) in [7, 11) is -2.79. The lowest BCUT2D eigenvalue weighted by Gasteiger charge is -2.26. The Labute approximate surface area is 844 Å². The topological polar surface area (TPSA) is 90.2 Å². The molecule has 0 fully saturated rings. The molecule has 0 bridgehead atoms. The van der Waals surface area contributed by atoms with E-state index in [1.54, 1.807) is 10.4 Å². The number of thiophene rings is 1. The molecule has 6 N–H and O–H groups in total. The third-order valence-electron chi connectivity index (χ3n) is 31.1. The highest BCUT2D eigenvalue weighted by Crippen LogP contribution is 2.53. The lowest BCUT2D eigenvalue weighted by Crippen LogP contribution is -2.36. The van der Waals surface area contributed by atoms with E-state index in [0.717, 1.165) is 11.2 Å². The van der Waals surface area contributed by atoms with E-state index < -0.39 is 57.1 Å². The number of fused-ring (bicyclic) bond motifs is 33. The molecule has 0 amide bonds. The zero-order valence-corrected chi connectivity index (χ0v) is 88.8. The third-order valence-corrected chi connectivity index (χ3v) is 44.7. The number of nitrogens with zero attached hydrogens (tertiary/aromatic N) is 1. The van der Waals surface area contributed by atoms with E-state index in [2.05, 4.69) is 477 Å². The van der Waals surface area contributed by atoms with Gasteiger partial charge in [-0.25, -0.2) is 0 Å². The Bertz CT molecular complexity index is 8790. The maximum atomic E-state index is 6.16. The molecule has 1 atom stereocenters. The van der Waals surface area contributed by atoms with Gasteiger partial charge in [0, 0.05) is 138 Å². The summed E-state index contributed by atoms with van der Waals surface area (Å²) in [5, 5.41) is 47.9. The number of rotatable bonds is 2. The Hall–Kier alpha value is -15.7. The van der Waals surface area contributed by atoms with Crippen LogP contribution in [0.25, 0.3) is 103 Å².